The van der Waals surface area contributed by atoms with Gasteiger partial charge < -0.3 is 0 Å². The fraction of sp³-hybridized carbons (Fsp3) is 0.400. The Morgan fingerprint density at radius 3 is 2.73 bits per heavy atom. The molecule has 1 aromatic rings. The van der Waals surface area contributed by atoms with Crippen LogP contribution in [-0.2, 0) is 6.42 Å². The molecule has 0 heterocycles. The van der Waals surface area contributed by atoms with Gasteiger partial charge in [0, 0.05) is 4.90 Å². The minimum absolute atomic E-state index is 1.14. The van der Waals surface area contributed by atoms with E-state index in [1.807, 2.05) is 11.8 Å². The summed E-state index contributed by atoms with van der Waals surface area (Å²) in [4.78, 5) is 1.40. The summed E-state index contributed by atoms with van der Waals surface area (Å²) < 4.78 is 0. The second-order valence-electron chi connectivity index (χ2n) is 2.43. The first-order valence-corrected chi connectivity index (χ1v) is 5.07. The molecular formula is C10H14S. The lowest BCUT2D eigenvalue weighted by atomic mass is 10.2. The molecular weight excluding hydrogens is 152 g/mol. The maximum atomic E-state index is 2.27. The fourth-order valence-electron chi connectivity index (χ4n) is 1.02. The van der Waals surface area contributed by atoms with Crippen LogP contribution in [0.15, 0.2) is 29.2 Å². The van der Waals surface area contributed by atoms with Crippen LogP contribution in [0.5, 0.6) is 0 Å². The molecule has 60 valence electrons. The van der Waals surface area contributed by atoms with Crippen LogP contribution in [0.4, 0.5) is 0 Å². The molecule has 0 nitrogen and oxygen atoms in total. The third-order valence-electron chi connectivity index (χ3n) is 1.62. The van der Waals surface area contributed by atoms with Gasteiger partial charge in [0.25, 0.3) is 0 Å². The van der Waals surface area contributed by atoms with Crippen LogP contribution in [0.2, 0.25) is 0 Å². The minimum atomic E-state index is 1.14. The SMILES string of the molecule is CCSc1cccc(CC)c1. The zero-order valence-electron chi connectivity index (χ0n) is 7.13. The largest absolute Gasteiger partial charge is 0.126 e. The molecule has 0 amide bonds. The molecule has 11 heavy (non-hydrogen) atoms. The van der Waals surface area contributed by atoms with Crippen molar-refractivity contribution in [1.29, 1.82) is 0 Å². The molecule has 0 spiro atoms. The summed E-state index contributed by atoms with van der Waals surface area (Å²) in [6.07, 6.45) is 1.14. The first kappa shape index (κ1) is 8.66. The highest BCUT2D eigenvalue weighted by molar-refractivity contribution is 7.99. The predicted molar refractivity (Wildman–Crippen MR) is 52.2 cm³/mol. The molecule has 0 saturated carbocycles. The van der Waals surface area contributed by atoms with Gasteiger partial charge in [0.1, 0.15) is 0 Å². The molecule has 0 unspecified atom stereocenters. The molecule has 0 aromatic heterocycles. The summed E-state index contributed by atoms with van der Waals surface area (Å²) in [5.74, 6) is 1.16. The monoisotopic (exact) mass is 166 g/mol. The van der Waals surface area contributed by atoms with E-state index in [9.17, 15) is 0 Å². The van der Waals surface area contributed by atoms with Crippen molar-refractivity contribution in [2.75, 3.05) is 5.75 Å². The number of rotatable bonds is 3. The Bertz CT molecular complexity index is 218. The van der Waals surface area contributed by atoms with Crippen LogP contribution in [-0.4, -0.2) is 5.75 Å². The molecule has 1 heteroatoms. The summed E-state index contributed by atoms with van der Waals surface area (Å²) in [6.45, 7) is 4.37. The molecule has 1 rings (SSSR count). The van der Waals surface area contributed by atoms with Crippen molar-refractivity contribution in [3.8, 4) is 0 Å². The Labute approximate surface area is 73.0 Å². The Hall–Kier alpha value is -0.430. The molecule has 0 aliphatic rings. The average Bonchev–Trinajstić information content (AvgIpc) is 2.06. The molecule has 0 radical (unpaired) electrons. The van der Waals surface area contributed by atoms with Gasteiger partial charge in [-0.2, -0.15) is 0 Å². The Morgan fingerprint density at radius 1 is 1.27 bits per heavy atom. The Kier molecular flexibility index (Phi) is 3.50. The highest BCUT2D eigenvalue weighted by Crippen LogP contribution is 2.18. The number of thioether (sulfide) groups is 1. The first-order valence-electron chi connectivity index (χ1n) is 4.08. The molecule has 0 saturated heterocycles. The van der Waals surface area contributed by atoms with Crippen LogP contribution in [0.3, 0.4) is 0 Å². The van der Waals surface area contributed by atoms with Gasteiger partial charge >= 0.3 is 0 Å². The maximum absolute atomic E-state index is 2.27. The van der Waals surface area contributed by atoms with Crippen molar-refractivity contribution in [3.05, 3.63) is 29.8 Å². The topological polar surface area (TPSA) is 0 Å². The highest BCUT2D eigenvalue weighted by Gasteiger charge is 1.92. The van der Waals surface area contributed by atoms with Crippen LogP contribution >= 0.6 is 11.8 Å². The van der Waals surface area contributed by atoms with E-state index in [1.54, 1.807) is 0 Å². The second-order valence-corrected chi connectivity index (χ2v) is 3.77. The fourth-order valence-corrected chi connectivity index (χ4v) is 1.76. The summed E-state index contributed by atoms with van der Waals surface area (Å²) >= 11 is 1.90. The molecule has 0 aliphatic heterocycles. The third kappa shape index (κ3) is 2.58. The molecule has 0 N–H and O–H groups in total. The van der Waals surface area contributed by atoms with Crippen molar-refractivity contribution in [2.45, 2.75) is 25.2 Å². The van der Waals surface area contributed by atoms with Gasteiger partial charge in [-0.05, 0) is 29.9 Å². The van der Waals surface area contributed by atoms with E-state index in [1.165, 1.54) is 10.5 Å². The summed E-state index contributed by atoms with van der Waals surface area (Å²) in [5.41, 5.74) is 1.43. The van der Waals surface area contributed by atoms with Crippen molar-refractivity contribution >= 4 is 11.8 Å². The van der Waals surface area contributed by atoms with Gasteiger partial charge in [-0.25, -0.2) is 0 Å². The van der Waals surface area contributed by atoms with Crippen LogP contribution < -0.4 is 0 Å². The van der Waals surface area contributed by atoms with E-state index in [-0.39, 0.29) is 0 Å². The van der Waals surface area contributed by atoms with Crippen LogP contribution in [0.1, 0.15) is 19.4 Å². The number of hydrogen-bond donors (Lipinski definition) is 0. The predicted octanol–water partition coefficient (Wildman–Crippen LogP) is 3.36. The number of aryl methyl sites for hydroxylation is 1. The van der Waals surface area contributed by atoms with Crippen molar-refractivity contribution in [3.63, 3.8) is 0 Å². The van der Waals surface area contributed by atoms with Gasteiger partial charge in [0.2, 0.25) is 0 Å². The quantitative estimate of drug-likeness (QED) is 0.620. The van der Waals surface area contributed by atoms with Crippen molar-refractivity contribution in [1.82, 2.24) is 0 Å². The lowest BCUT2D eigenvalue weighted by molar-refractivity contribution is 1.12. The van der Waals surface area contributed by atoms with Crippen LogP contribution in [0.25, 0.3) is 0 Å². The zero-order chi connectivity index (χ0) is 8.10. The highest BCUT2D eigenvalue weighted by atomic mass is 32.2. The van der Waals surface area contributed by atoms with E-state index in [0.29, 0.717) is 0 Å². The van der Waals surface area contributed by atoms with Gasteiger partial charge in [0.05, 0.1) is 0 Å². The van der Waals surface area contributed by atoms with E-state index < -0.39 is 0 Å². The van der Waals surface area contributed by atoms with E-state index in [4.69, 9.17) is 0 Å². The lowest BCUT2D eigenvalue weighted by Gasteiger charge is -2.00. The van der Waals surface area contributed by atoms with Gasteiger partial charge in [-0.1, -0.05) is 26.0 Å². The zero-order valence-corrected chi connectivity index (χ0v) is 7.95. The maximum Gasteiger partial charge on any atom is 0.00745 e. The summed E-state index contributed by atoms with van der Waals surface area (Å²) in [6, 6.07) is 8.76. The molecule has 0 atom stereocenters. The van der Waals surface area contributed by atoms with Gasteiger partial charge in [0.15, 0.2) is 0 Å². The molecule has 0 aliphatic carbocycles. The second kappa shape index (κ2) is 4.45. The average molecular weight is 166 g/mol. The standard InChI is InChI=1S/C10H14S/c1-3-9-6-5-7-10(8-9)11-4-2/h5-8H,3-4H2,1-2H3. The summed E-state index contributed by atoms with van der Waals surface area (Å²) in [7, 11) is 0. The van der Waals surface area contributed by atoms with E-state index in [2.05, 4.69) is 38.1 Å². The van der Waals surface area contributed by atoms with E-state index >= 15 is 0 Å². The molecule has 0 fully saturated rings. The van der Waals surface area contributed by atoms with Crippen molar-refractivity contribution < 1.29 is 0 Å². The molecule has 0 bridgehead atoms. The van der Waals surface area contributed by atoms with Crippen LogP contribution in [0, 0.1) is 0 Å². The van der Waals surface area contributed by atoms with E-state index in [0.717, 1.165) is 12.2 Å². The van der Waals surface area contributed by atoms with Gasteiger partial charge in [-0.15, -0.1) is 11.8 Å². The number of hydrogen-bond acceptors (Lipinski definition) is 1. The van der Waals surface area contributed by atoms with Crippen molar-refractivity contribution in [2.24, 2.45) is 0 Å². The molecule has 1 aromatic carbocycles. The minimum Gasteiger partial charge on any atom is -0.126 e. The Balaban J connectivity index is 2.74. The third-order valence-corrected chi connectivity index (χ3v) is 2.49. The number of benzene rings is 1. The Morgan fingerprint density at radius 2 is 2.09 bits per heavy atom. The summed E-state index contributed by atoms with van der Waals surface area (Å²) in [5, 5.41) is 0. The lowest BCUT2D eigenvalue weighted by Crippen LogP contribution is -1.79. The normalized spacial score (nSPS) is 10.0. The smallest absolute Gasteiger partial charge is 0.00745 e. The first-order chi connectivity index (χ1) is 5.36. The van der Waals surface area contributed by atoms with Gasteiger partial charge in [-0.3, -0.25) is 0 Å².